The van der Waals surface area contributed by atoms with E-state index in [1.54, 1.807) is 0 Å². The van der Waals surface area contributed by atoms with E-state index in [4.69, 9.17) is 4.74 Å². The van der Waals surface area contributed by atoms with E-state index in [2.05, 4.69) is 5.32 Å². The zero-order valence-corrected chi connectivity index (χ0v) is 13.4. The highest BCUT2D eigenvalue weighted by molar-refractivity contribution is 5.98. The lowest BCUT2D eigenvalue weighted by Crippen LogP contribution is -2.49. The summed E-state index contributed by atoms with van der Waals surface area (Å²) in [5, 5.41) is 13.9. The van der Waals surface area contributed by atoms with Crippen LogP contribution in [-0.2, 0) is 4.74 Å². The van der Waals surface area contributed by atoms with Gasteiger partial charge in [0.1, 0.15) is 11.4 Å². The van der Waals surface area contributed by atoms with E-state index in [0.29, 0.717) is 19.4 Å². The maximum Gasteiger partial charge on any atom is 0.282 e. The van der Waals surface area contributed by atoms with E-state index in [1.807, 2.05) is 0 Å². The van der Waals surface area contributed by atoms with Crippen molar-refractivity contribution in [2.45, 2.75) is 56.6 Å². The van der Waals surface area contributed by atoms with Gasteiger partial charge in [-0.2, -0.15) is 0 Å². The largest absolute Gasteiger partial charge is 0.375 e. The zero-order chi connectivity index (χ0) is 17.2. The Morgan fingerprint density at radius 3 is 2.79 bits per heavy atom. The number of ether oxygens (including phenoxy) is 1. The fraction of sp³-hybridized carbons (Fsp3) is 0.588. The molecule has 1 heterocycles. The van der Waals surface area contributed by atoms with Gasteiger partial charge >= 0.3 is 0 Å². The number of hydrogen-bond donors (Lipinski definition) is 1. The van der Waals surface area contributed by atoms with Crippen LogP contribution in [0.15, 0.2) is 18.2 Å². The molecule has 7 heteroatoms. The summed E-state index contributed by atoms with van der Waals surface area (Å²) in [7, 11) is 0. The average Bonchev–Trinajstić information content (AvgIpc) is 2.55. The highest BCUT2D eigenvalue weighted by Crippen LogP contribution is 2.38. The number of nitro groups is 1. The topological polar surface area (TPSA) is 81.5 Å². The van der Waals surface area contributed by atoms with Crippen molar-refractivity contribution in [2.24, 2.45) is 0 Å². The number of benzene rings is 1. The molecule has 1 N–H and O–H groups in total. The van der Waals surface area contributed by atoms with E-state index in [0.717, 1.165) is 43.9 Å². The smallest absolute Gasteiger partial charge is 0.282 e. The van der Waals surface area contributed by atoms with E-state index < -0.39 is 16.6 Å². The van der Waals surface area contributed by atoms with Crippen molar-refractivity contribution >= 4 is 11.6 Å². The molecule has 2 aliphatic rings. The monoisotopic (exact) mass is 336 g/mol. The van der Waals surface area contributed by atoms with Gasteiger partial charge in [0.25, 0.3) is 11.6 Å². The zero-order valence-electron chi connectivity index (χ0n) is 13.4. The first-order valence-corrected chi connectivity index (χ1v) is 8.38. The number of rotatable bonds is 3. The third kappa shape index (κ3) is 3.56. The summed E-state index contributed by atoms with van der Waals surface area (Å²) in [6, 6.07) is 2.83. The minimum absolute atomic E-state index is 0.104. The van der Waals surface area contributed by atoms with Gasteiger partial charge in [0.2, 0.25) is 0 Å². The molecule has 1 amide bonds. The number of nitrogens with one attached hydrogen (secondary N) is 1. The van der Waals surface area contributed by atoms with E-state index in [1.165, 1.54) is 6.42 Å². The van der Waals surface area contributed by atoms with Crippen molar-refractivity contribution in [2.75, 3.05) is 6.61 Å². The summed E-state index contributed by atoms with van der Waals surface area (Å²) < 4.78 is 19.4. The molecule has 1 aliphatic heterocycles. The molecule has 1 aromatic carbocycles. The van der Waals surface area contributed by atoms with Gasteiger partial charge in [0.15, 0.2) is 0 Å². The summed E-state index contributed by atoms with van der Waals surface area (Å²) in [6.07, 6.45) is 6.79. The molecule has 1 saturated heterocycles. The molecule has 0 aromatic heterocycles. The predicted octanol–water partition coefficient (Wildman–Crippen LogP) is 3.35. The third-order valence-corrected chi connectivity index (χ3v) is 4.99. The lowest BCUT2D eigenvalue weighted by molar-refractivity contribution is -0.385. The Morgan fingerprint density at radius 2 is 2.08 bits per heavy atom. The summed E-state index contributed by atoms with van der Waals surface area (Å²) in [4.78, 5) is 22.8. The number of nitro benzene ring substituents is 1. The van der Waals surface area contributed by atoms with Crippen molar-refractivity contribution < 1.29 is 18.8 Å². The van der Waals surface area contributed by atoms with Gasteiger partial charge in [0, 0.05) is 18.7 Å². The number of nitrogens with zero attached hydrogens (tertiary/aromatic N) is 1. The number of halogens is 1. The van der Waals surface area contributed by atoms with Crippen molar-refractivity contribution in [3.63, 3.8) is 0 Å². The Labute approximate surface area is 139 Å². The van der Waals surface area contributed by atoms with Crippen LogP contribution in [0.4, 0.5) is 10.1 Å². The van der Waals surface area contributed by atoms with Crippen LogP contribution in [0.25, 0.3) is 0 Å². The van der Waals surface area contributed by atoms with Crippen molar-refractivity contribution in [1.82, 2.24) is 5.32 Å². The molecule has 1 atom stereocenters. The second-order valence-corrected chi connectivity index (χ2v) is 6.67. The van der Waals surface area contributed by atoms with Crippen molar-refractivity contribution in [3.05, 3.63) is 39.7 Å². The van der Waals surface area contributed by atoms with Gasteiger partial charge in [-0.25, -0.2) is 4.39 Å². The van der Waals surface area contributed by atoms with Gasteiger partial charge in [-0.05, 0) is 37.8 Å². The van der Waals surface area contributed by atoms with Crippen LogP contribution in [0, 0.1) is 15.9 Å². The van der Waals surface area contributed by atoms with E-state index >= 15 is 0 Å². The van der Waals surface area contributed by atoms with Crippen LogP contribution in [0.1, 0.15) is 55.3 Å². The first-order valence-electron chi connectivity index (χ1n) is 8.38. The molecule has 0 bridgehead atoms. The maximum absolute atomic E-state index is 13.4. The van der Waals surface area contributed by atoms with Gasteiger partial charge in [0.05, 0.1) is 10.5 Å². The Balaban J connectivity index is 1.73. The molecule has 1 spiro atoms. The molecule has 130 valence electrons. The average molecular weight is 336 g/mol. The first kappa shape index (κ1) is 16.8. The highest BCUT2D eigenvalue weighted by atomic mass is 19.1. The van der Waals surface area contributed by atoms with Crippen LogP contribution in [0.2, 0.25) is 0 Å². The molecule has 3 rings (SSSR count). The van der Waals surface area contributed by atoms with Crippen LogP contribution in [0.5, 0.6) is 0 Å². The van der Waals surface area contributed by atoms with Crippen LogP contribution >= 0.6 is 0 Å². The van der Waals surface area contributed by atoms with Gasteiger partial charge in [-0.3, -0.25) is 14.9 Å². The summed E-state index contributed by atoms with van der Waals surface area (Å²) in [5.41, 5.74) is -0.792. The normalized spacial score (nSPS) is 23.0. The van der Waals surface area contributed by atoms with Gasteiger partial charge in [-0.15, -0.1) is 0 Å². The number of carbonyl (C=O) groups is 1. The van der Waals surface area contributed by atoms with E-state index in [-0.39, 0.29) is 22.9 Å². The van der Waals surface area contributed by atoms with Crippen LogP contribution in [-0.4, -0.2) is 29.1 Å². The molecular weight excluding hydrogens is 315 g/mol. The summed E-state index contributed by atoms with van der Waals surface area (Å²) in [6.45, 7) is 0.566. The Bertz CT molecular complexity index is 638. The molecule has 1 saturated carbocycles. The molecule has 2 fully saturated rings. The number of carbonyl (C=O) groups excluding carboxylic acids is 1. The van der Waals surface area contributed by atoms with Crippen LogP contribution < -0.4 is 5.32 Å². The first-order chi connectivity index (χ1) is 11.5. The lowest BCUT2D eigenvalue weighted by Gasteiger charge is -2.43. The summed E-state index contributed by atoms with van der Waals surface area (Å²) >= 11 is 0. The maximum atomic E-state index is 13.4. The highest BCUT2D eigenvalue weighted by Gasteiger charge is 2.39. The number of hydrogen-bond acceptors (Lipinski definition) is 4. The number of amides is 1. The van der Waals surface area contributed by atoms with Gasteiger partial charge in [-0.1, -0.05) is 19.3 Å². The minimum atomic E-state index is -0.666. The van der Waals surface area contributed by atoms with Crippen molar-refractivity contribution in [1.29, 1.82) is 0 Å². The van der Waals surface area contributed by atoms with Crippen LogP contribution in [0.3, 0.4) is 0 Å². The Hall–Kier alpha value is -2.02. The Morgan fingerprint density at radius 1 is 1.33 bits per heavy atom. The standard InChI is InChI=1S/C17H21FN2O4/c18-12-4-5-15(20(22)23)14(10-12)16(21)19-13-6-9-24-17(11-13)7-2-1-3-8-17/h4-5,10,13H,1-3,6-9,11H2,(H,19,21). The SMILES string of the molecule is O=C(NC1CCOC2(CCCCC2)C1)c1cc(F)ccc1[N+](=O)[O-]. The second kappa shape index (κ2) is 6.84. The molecule has 6 nitrogen and oxygen atoms in total. The molecule has 1 aliphatic carbocycles. The quantitative estimate of drug-likeness (QED) is 0.678. The van der Waals surface area contributed by atoms with Gasteiger partial charge < -0.3 is 10.1 Å². The van der Waals surface area contributed by atoms with Crippen molar-refractivity contribution in [3.8, 4) is 0 Å². The molecule has 1 unspecified atom stereocenters. The molecule has 24 heavy (non-hydrogen) atoms. The fourth-order valence-corrected chi connectivity index (χ4v) is 3.81. The third-order valence-electron chi connectivity index (χ3n) is 4.99. The fourth-order valence-electron chi connectivity index (χ4n) is 3.81. The predicted molar refractivity (Wildman–Crippen MR) is 85.3 cm³/mol. The van der Waals surface area contributed by atoms with E-state index in [9.17, 15) is 19.3 Å². The second-order valence-electron chi connectivity index (χ2n) is 6.67. The molecular formula is C17H21FN2O4. The summed E-state index contributed by atoms with van der Waals surface area (Å²) in [5.74, 6) is -1.26. The minimum Gasteiger partial charge on any atom is -0.375 e. The lowest BCUT2D eigenvalue weighted by atomic mass is 9.78. The molecule has 0 radical (unpaired) electrons. The molecule has 1 aromatic rings. The Kier molecular flexibility index (Phi) is 4.80.